The second kappa shape index (κ2) is 6.98. The number of benzene rings is 1. The third-order valence-electron chi connectivity index (χ3n) is 4.21. The van der Waals surface area contributed by atoms with Crippen LogP contribution in [0.3, 0.4) is 0 Å². The Hall–Kier alpha value is -1.49. The molecule has 1 saturated heterocycles. The van der Waals surface area contributed by atoms with Gasteiger partial charge >= 0.3 is 0 Å². The van der Waals surface area contributed by atoms with E-state index >= 15 is 0 Å². The first-order valence-electron chi connectivity index (χ1n) is 7.50. The molecule has 5 heteroatoms. The fourth-order valence-electron chi connectivity index (χ4n) is 2.99. The van der Waals surface area contributed by atoms with Crippen LogP contribution < -0.4 is 10.6 Å². The fourth-order valence-corrected chi connectivity index (χ4v) is 2.99. The van der Waals surface area contributed by atoms with Crippen LogP contribution in [-0.4, -0.2) is 19.0 Å². The van der Waals surface area contributed by atoms with Crippen LogP contribution >= 0.6 is 0 Å². The molecule has 1 amide bonds. The summed E-state index contributed by atoms with van der Waals surface area (Å²) in [5, 5.41) is 6.15. The first-order chi connectivity index (χ1) is 10.1. The second-order valence-electron chi connectivity index (χ2n) is 5.71. The average molecular weight is 296 g/mol. The predicted molar refractivity (Wildman–Crippen MR) is 77.6 cm³/mol. The van der Waals surface area contributed by atoms with Crippen molar-refractivity contribution in [3.63, 3.8) is 0 Å². The summed E-state index contributed by atoms with van der Waals surface area (Å²) in [5.41, 5.74) is 0.251. The molecule has 1 fully saturated rings. The van der Waals surface area contributed by atoms with Crippen molar-refractivity contribution in [2.45, 2.75) is 39.2 Å². The van der Waals surface area contributed by atoms with E-state index in [9.17, 15) is 13.6 Å². The molecule has 2 N–H and O–H groups in total. The van der Waals surface area contributed by atoms with Gasteiger partial charge in [-0.15, -0.1) is 0 Å². The Balaban J connectivity index is 2.00. The third-order valence-corrected chi connectivity index (χ3v) is 4.21. The summed E-state index contributed by atoms with van der Waals surface area (Å²) in [6.45, 7) is 4.00. The van der Waals surface area contributed by atoms with Gasteiger partial charge in [0, 0.05) is 6.54 Å². The summed E-state index contributed by atoms with van der Waals surface area (Å²) < 4.78 is 26.0. The number of amides is 1. The van der Waals surface area contributed by atoms with Crippen molar-refractivity contribution in [1.29, 1.82) is 0 Å². The van der Waals surface area contributed by atoms with Gasteiger partial charge in [-0.2, -0.15) is 0 Å². The van der Waals surface area contributed by atoms with Gasteiger partial charge in [-0.1, -0.05) is 19.4 Å². The highest BCUT2D eigenvalue weighted by atomic mass is 19.2. The van der Waals surface area contributed by atoms with Gasteiger partial charge in [0.05, 0.1) is 5.41 Å². The van der Waals surface area contributed by atoms with Gasteiger partial charge in [0.2, 0.25) is 5.91 Å². The van der Waals surface area contributed by atoms with Crippen LogP contribution in [0.1, 0.15) is 38.2 Å². The summed E-state index contributed by atoms with van der Waals surface area (Å²) in [6, 6.07) is 3.71. The molecule has 1 heterocycles. The van der Waals surface area contributed by atoms with E-state index in [-0.39, 0.29) is 17.9 Å². The van der Waals surface area contributed by atoms with Crippen molar-refractivity contribution in [2.75, 3.05) is 13.1 Å². The molecular formula is C16H22F2N2O. The highest BCUT2D eigenvalue weighted by molar-refractivity contribution is 5.82. The number of halogens is 2. The molecule has 1 aliphatic rings. The van der Waals surface area contributed by atoms with E-state index in [0.29, 0.717) is 5.56 Å². The van der Waals surface area contributed by atoms with Crippen molar-refractivity contribution in [2.24, 2.45) is 5.41 Å². The van der Waals surface area contributed by atoms with Gasteiger partial charge < -0.3 is 10.6 Å². The summed E-state index contributed by atoms with van der Waals surface area (Å²) >= 11 is 0. The van der Waals surface area contributed by atoms with Gasteiger partial charge in [-0.25, -0.2) is 8.78 Å². The van der Waals surface area contributed by atoms with Crippen molar-refractivity contribution in [3.8, 4) is 0 Å². The Morgan fingerprint density at radius 1 is 1.29 bits per heavy atom. The monoisotopic (exact) mass is 296 g/mol. The molecule has 1 aliphatic heterocycles. The molecule has 0 spiro atoms. The standard InChI is InChI=1S/C16H22F2N2O/c1-2-5-16(6-8-19-9-7-16)15(21)20-11-12-3-4-13(17)14(18)10-12/h3-4,10,19H,2,5-9,11H2,1H3,(H,20,21). The normalized spacial score (nSPS) is 17.5. The third kappa shape index (κ3) is 3.79. The highest BCUT2D eigenvalue weighted by Crippen LogP contribution is 2.34. The molecule has 0 saturated carbocycles. The van der Waals surface area contributed by atoms with Gasteiger partial charge in [-0.3, -0.25) is 4.79 Å². The van der Waals surface area contributed by atoms with E-state index < -0.39 is 11.6 Å². The smallest absolute Gasteiger partial charge is 0.226 e. The molecule has 3 nitrogen and oxygen atoms in total. The maximum Gasteiger partial charge on any atom is 0.226 e. The zero-order valence-corrected chi connectivity index (χ0v) is 12.3. The molecule has 0 radical (unpaired) electrons. The minimum absolute atomic E-state index is 0.0237. The van der Waals surface area contributed by atoms with E-state index in [2.05, 4.69) is 17.6 Å². The Labute approximate surface area is 124 Å². The van der Waals surface area contributed by atoms with Gasteiger partial charge in [0.1, 0.15) is 0 Å². The van der Waals surface area contributed by atoms with Crippen LogP contribution in [0.15, 0.2) is 18.2 Å². The predicted octanol–water partition coefficient (Wildman–Crippen LogP) is 2.75. The molecule has 0 bridgehead atoms. The van der Waals surface area contributed by atoms with Crippen LogP contribution in [-0.2, 0) is 11.3 Å². The number of hydrogen-bond donors (Lipinski definition) is 2. The molecule has 0 atom stereocenters. The summed E-state index contributed by atoms with van der Waals surface area (Å²) in [7, 11) is 0. The van der Waals surface area contributed by atoms with Crippen LogP contribution in [0.2, 0.25) is 0 Å². The lowest BCUT2D eigenvalue weighted by Crippen LogP contribution is -2.47. The Morgan fingerprint density at radius 2 is 2.00 bits per heavy atom. The van der Waals surface area contributed by atoms with Crippen LogP contribution in [0.5, 0.6) is 0 Å². The lowest BCUT2D eigenvalue weighted by molar-refractivity contribution is -0.133. The maximum atomic E-state index is 13.2. The molecule has 0 unspecified atom stereocenters. The Bertz CT molecular complexity index is 494. The number of carbonyl (C=O) groups excluding carboxylic acids is 1. The summed E-state index contributed by atoms with van der Waals surface area (Å²) in [4.78, 5) is 12.5. The molecule has 116 valence electrons. The van der Waals surface area contributed by atoms with Crippen LogP contribution in [0.4, 0.5) is 8.78 Å². The fraction of sp³-hybridized carbons (Fsp3) is 0.562. The van der Waals surface area contributed by atoms with Crippen molar-refractivity contribution in [3.05, 3.63) is 35.4 Å². The van der Waals surface area contributed by atoms with E-state index in [1.165, 1.54) is 6.07 Å². The lowest BCUT2D eigenvalue weighted by Gasteiger charge is -2.36. The Kier molecular flexibility index (Phi) is 5.28. The Morgan fingerprint density at radius 3 is 2.62 bits per heavy atom. The average Bonchev–Trinajstić information content (AvgIpc) is 2.49. The topological polar surface area (TPSA) is 41.1 Å². The second-order valence-corrected chi connectivity index (χ2v) is 5.71. The summed E-state index contributed by atoms with van der Waals surface area (Å²) in [6.07, 6.45) is 3.46. The first kappa shape index (κ1) is 15.9. The van der Waals surface area contributed by atoms with Crippen LogP contribution in [0.25, 0.3) is 0 Å². The van der Waals surface area contributed by atoms with Crippen molar-refractivity contribution >= 4 is 5.91 Å². The zero-order valence-electron chi connectivity index (χ0n) is 12.3. The molecule has 21 heavy (non-hydrogen) atoms. The van der Waals surface area contributed by atoms with Crippen molar-refractivity contribution < 1.29 is 13.6 Å². The number of nitrogens with one attached hydrogen (secondary N) is 2. The maximum absolute atomic E-state index is 13.2. The quantitative estimate of drug-likeness (QED) is 0.877. The zero-order chi connectivity index (χ0) is 15.3. The molecular weight excluding hydrogens is 274 g/mol. The van der Waals surface area contributed by atoms with E-state index in [1.807, 2.05) is 0 Å². The lowest BCUT2D eigenvalue weighted by atomic mass is 9.74. The van der Waals surface area contributed by atoms with Crippen LogP contribution in [0, 0.1) is 17.0 Å². The van der Waals surface area contributed by atoms with Crippen molar-refractivity contribution in [1.82, 2.24) is 10.6 Å². The van der Waals surface area contributed by atoms with Gasteiger partial charge in [0.25, 0.3) is 0 Å². The molecule has 1 aromatic carbocycles. The molecule has 0 aliphatic carbocycles. The minimum atomic E-state index is -0.883. The molecule has 2 rings (SSSR count). The SMILES string of the molecule is CCCC1(C(=O)NCc2ccc(F)c(F)c2)CCNCC1. The van der Waals surface area contributed by atoms with E-state index in [4.69, 9.17) is 0 Å². The van der Waals surface area contributed by atoms with E-state index in [1.54, 1.807) is 0 Å². The first-order valence-corrected chi connectivity index (χ1v) is 7.50. The molecule has 1 aromatic rings. The molecule has 0 aromatic heterocycles. The van der Waals surface area contributed by atoms with Gasteiger partial charge in [0.15, 0.2) is 11.6 Å². The number of carbonyl (C=O) groups is 1. The van der Waals surface area contributed by atoms with E-state index in [0.717, 1.165) is 50.9 Å². The number of piperidine rings is 1. The highest BCUT2D eigenvalue weighted by Gasteiger charge is 2.38. The van der Waals surface area contributed by atoms with Gasteiger partial charge in [-0.05, 0) is 50.0 Å². The number of rotatable bonds is 5. The largest absolute Gasteiger partial charge is 0.352 e. The number of hydrogen-bond acceptors (Lipinski definition) is 2. The summed E-state index contributed by atoms with van der Waals surface area (Å²) in [5.74, 6) is -1.73. The minimum Gasteiger partial charge on any atom is -0.352 e.